The number of hydrogen-bond acceptors (Lipinski definition) is 0. The molecular weight excluding hydrogens is 179 g/mol. The quantitative estimate of drug-likeness (QED) is 0.623. The third-order valence-electron chi connectivity index (χ3n) is 2.40. The summed E-state index contributed by atoms with van der Waals surface area (Å²) in [5.41, 5.74) is 1.47. The number of fused-ring (bicyclic) bond motifs is 1. The first-order valence-electron chi connectivity index (χ1n) is 4.88. The average Bonchev–Trinajstić information content (AvgIpc) is 2.19. The second-order valence-corrected chi connectivity index (χ2v) is 3.39. The first-order chi connectivity index (χ1) is 6.42. The minimum absolute atomic E-state index is 0. The van der Waals surface area contributed by atoms with Crippen LogP contribution >= 0.6 is 0 Å². The normalized spacial score (nSPS) is 9.79. The molecule has 0 nitrogen and oxygen atoms in total. The van der Waals surface area contributed by atoms with Crippen LogP contribution in [0.4, 0.5) is 0 Å². The van der Waals surface area contributed by atoms with Crippen LogP contribution in [0.3, 0.4) is 0 Å². The fourth-order valence-corrected chi connectivity index (χ4v) is 1.78. The van der Waals surface area contributed by atoms with Gasteiger partial charge in [-0.3, -0.25) is 0 Å². The largest absolute Gasteiger partial charge is 1.00 e. The van der Waals surface area contributed by atoms with Crippen molar-refractivity contribution in [2.45, 2.75) is 19.8 Å². The molecule has 2 aromatic rings. The van der Waals surface area contributed by atoms with Crippen molar-refractivity contribution in [3.8, 4) is 0 Å². The second-order valence-electron chi connectivity index (χ2n) is 3.39. The zero-order valence-electron chi connectivity index (χ0n) is 9.96. The molecule has 1 heteroatoms. The Morgan fingerprint density at radius 2 is 1.71 bits per heavy atom. The van der Waals surface area contributed by atoms with Gasteiger partial charge in [-0.2, -0.15) is 0 Å². The third-order valence-corrected chi connectivity index (χ3v) is 2.40. The maximum Gasteiger partial charge on any atom is 1.00 e. The summed E-state index contributed by atoms with van der Waals surface area (Å²) in [7, 11) is 0. The van der Waals surface area contributed by atoms with Gasteiger partial charge in [0.25, 0.3) is 0 Å². The summed E-state index contributed by atoms with van der Waals surface area (Å²) in [5, 5.41) is 2.76. The average molecular weight is 194 g/mol. The summed E-state index contributed by atoms with van der Waals surface area (Å²) in [4.78, 5) is 0. The summed E-state index contributed by atoms with van der Waals surface area (Å²) in [6.45, 7) is 2.22. The van der Waals surface area contributed by atoms with Gasteiger partial charge >= 0.3 is 29.6 Å². The van der Waals surface area contributed by atoms with Crippen molar-refractivity contribution in [3.05, 3.63) is 48.0 Å². The van der Waals surface area contributed by atoms with Crippen molar-refractivity contribution in [3.63, 3.8) is 0 Å². The van der Waals surface area contributed by atoms with E-state index in [1.165, 1.54) is 29.2 Å². The molecule has 0 amide bonds. The van der Waals surface area contributed by atoms with Gasteiger partial charge in [-0.05, 0) is 22.8 Å². The van der Waals surface area contributed by atoms with Crippen LogP contribution in [-0.4, -0.2) is 0 Å². The van der Waals surface area contributed by atoms with Gasteiger partial charge in [0.05, 0.1) is 0 Å². The van der Waals surface area contributed by atoms with E-state index in [0.29, 0.717) is 0 Å². The van der Waals surface area contributed by atoms with Gasteiger partial charge < -0.3 is 1.43 Å². The van der Waals surface area contributed by atoms with E-state index in [1.807, 2.05) is 0 Å². The number of aryl methyl sites for hydroxylation is 1. The Morgan fingerprint density at radius 3 is 2.50 bits per heavy atom. The van der Waals surface area contributed by atoms with Crippen molar-refractivity contribution in [1.29, 1.82) is 0 Å². The van der Waals surface area contributed by atoms with Gasteiger partial charge in [0.2, 0.25) is 0 Å². The molecule has 0 aliphatic rings. The predicted octanol–water partition coefficient (Wildman–Crippen LogP) is 0.909. The smallest absolute Gasteiger partial charge is 1.00 e. The molecule has 0 N–H and O–H groups in total. The Kier molecular flexibility index (Phi) is 4.67. The molecule has 0 aliphatic carbocycles. The maximum absolute atomic E-state index is 2.23. The number of benzene rings is 2. The van der Waals surface area contributed by atoms with E-state index in [-0.39, 0.29) is 31.0 Å². The van der Waals surface area contributed by atoms with Gasteiger partial charge in [0.1, 0.15) is 0 Å². The minimum Gasteiger partial charge on any atom is -1.00 e. The standard InChI is InChI=1S/C13H14.Na.H/c1-2-6-11-8-5-9-12-7-3-4-10-13(11)12;;/h3-5,7-10H,2,6H2,1H3;;/q;+1;-1. The van der Waals surface area contributed by atoms with Crippen molar-refractivity contribution >= 4 is 10.8 Å². The van der Waals surface area contributed by atoms with E-state index >= 15 is 0 Å². The van der Waals surface area contributed by atoms with Crippen LogP contribution in [0.25, 0.3) is 10.8 Å². The van der Waals surface area contributed by atoms with E-state index in [0.717, 1.165) is 0 Å². The van der Waals surface area contributed by atoms with Gasteiger partial charge in [-0.15, -0.1) is 0 Å². The molecule has 68 valence electrons. The first-order valence-corrected chi connectivity index (χ1v) is 4.88. The Balaban J connectivity index is 0.000000980. The van der Waals surface area contributed by atoms with Gasteiger partial charge in [-0.1, -0.05) is 55.8 Å². The molecule has 0 heterocycles. The summed E-state index contributed by atoms with van der Waals surface area (Å²) in [6, 6.07) is 15.1. The molecule has 0 saturated heterocycles. The second kappa shape index (κ2) is 5.55. The SMILES string of the molecule is CCCc1cccc2ccccc12.[H-].[Na+]. The molecule has 0 unspecified atom stereocenters. The minimum atomic E-state index is 0. The van der Waals surface area contributed by atoms with Crippen LogP contribution in [0.15, 0.2) is 42.5 Å². The van der Waals surface area contributed by atoms with Crippen LogP contribution < -0.4 is 29.6 Å². The van der Waals surface area contributed by atoms with Crippen LogP contribution in [0.2, 0.25) is 0 Å². The monoisotopic (exact) mass is 194 g/mol. The molecule has 0 fully saturated rings. The first kappa shape index (κ1) is 11.8. The van der Waals surface area contributed by atoms with E-state index in [4.69, 9.17) is 0 Å². The van der Waals surface area contributed by atoms with Gasteiger partial charge in [0, 0.05) is 0 Å². The fourth-order valence-electron chi connectivity index (χ4n) is 1.78. The Bertz CT molecular complexity index is 407. The summed E-state index contributed by atoms with van der Waals surface area (Å²) in [6.07, 6.45) is 2.40. The molecule has 0 bridgehead atoms. The Labute approximate surface area is 109 Å². The fraction of sp³-hybridized carbons (Fsp3) is 0.231. The molecule has 0 spiro atoms. The molecule has 2 aromatic carbocycles. The molecule has 0 aliphatic heterocycles. The molecule has 14 heavy (non-hydrogen) atoms. The van der Waals surface area contributed by atoms with Crippen molar-refractivity contribution in [2.24, 2.45) is 0 Å². The summed E-state index contributed by atoms with van der Waals surface area (Å²) in [5.74, 6) is 0. The van der Waals surface area contributed by atoms with Gasteiger partial charge in [0.15, 0.2) is 0 Å². The van der Waals surface area contributed by atoms with E-state index < -0.39 is 0 Å². The zero-order chi connectivity index (χ0) is 9.10. The van der Waals surface area contributed by atoms with Gasteiger partial charge in [-0.25, -0.2) is 0 Å². The van der Waals surface area contributed by atoms with Crippen molar-refractivity contribution < 1.29 is 31.0 Å². The molecule has 0 aromatic heterocycles. The molecular formula is C13H15Na. The zero-order valence-corrected chi connectivity index (χ0v) is 11.0. The Hall–Kier alpha value is -0.300. The predicted molar refractivity (Wildman–Crippen MR) is 59.1 cm³/mol. The molecule has 0 radical (unpaired) electrons. The number of hydrogen-bond donors (Lipinski definition) is 0. The summed E-state index contributed by atoms with van der Waals surface area (Å²) < 4.78 is 0. The Morgan fingerprint density at radius 1 is 1.00 bits per heavy atom. The van der Waals surface area contributed by atoms with Crippen LogP contribution in [0.5, 0.6) is 0 Å². The topological polar surface area (TPSA) is 0 Å². The van der Waals surface area contributed by atoms with Crippen LogP contribution in [0.1, 0.15) is 20.3 Å². The summed E-state index contributed by atoms with van der Waals surface area (Å²) >= 11 is 0. The van der Waals surface area contributed by atoms with Crippen molar-refractivity contribution in [1.82, 2.24) is 0 Å². The maximum atomic E-state index is 2.23. The molecule has 0 atom stereocenters. The van der Waals surface area contributed by atoms with Crippen molar-refractivity contribution in [2.75, 3.05) is 0 Å². The molecule has 0 saturated carbocycles. The molecule has 2 rings (SSSR count). The van der Waals surface area contributed by atoms with Crippen LogP contribution in [-0.2, 0) is 6.42 Å². The third kappa shape index (κ3) is 2.38. The van der Waals surface area contributed by atoms with E-state index in [2.05, 4.69) is 49.4 Å². The van der Waals surface area contributed by atoms with Crippen LogP contribution in [0, 0.1) is 0 Å². The van der Waals surface area contributed by atoms with E-state index in [1.54, 1.807) is 0 Å². The number of rotatable bonds is 2. The van der Waals surface area contributed by atoms with E-state index in [9.17, 15) is 0 Å².